The normalized spacial score (nSPS) is 15.0. The van der Waals surface area contributed by atoms with E-state index in [2.05, 4.69) is 0 Å². The Hall–Kier alpha value is -1.54. The van der Waals surface area contributed by atoms with Crippen LogP contribution in [0.4, 0.5) is 8.78 Å². The van der Waals surface area contributed by atoms with Crippen LogP contribution in [0.15, 0.2) is 23.1 Å². The van der Waals surface area contributed by atoms with Crippen LogP contribution in [0.25, 0.3) is 0 Å². The number of hydrogen-bond donors (Lipinski definition) is 2. The molecule has 21 heavy (non-hydrogen) atoms. The number of halogens is 2. The Labute approximate surface area is 122 Å². The first-order valence-corrected chi connectivity index (χ1v) is 7.58. The summed E-state index contributed by atoms with van der Waals surface area (Å²) in [5, 5.41) is 8.70. The number of rotatable bonds is 6. The number of aliphatic carboxylic acids is 1. The van der Waals surface area contributed by atoms with Gasteiger partial charge in [0.05, 0.1) is 11.3 Å². The van der Waals surface area contributed by atoms with E-state index < -0.39 is 34.4 Å². The molecule has 0 bridgehead atoms. The number of carboxylic acids is 1. The van der Waals surface area contributed by atoms with E-state index >= 15 is 0 Å². The van der Waals surface area contributed by atoms with Crippen molar-refractivity contribution in [2.45, 2.75) is 44.1 Å². The maximum Gasteiger partial charge on any atom is 0.305 e. The largest absolute Gasteiger partial charge is 0.481 e. The minimum atomic E-state index is -4.26. The summed E-state index contributed by atoms with van der Waals surface area (Å²) in [6, 6.07) is 4.48. The van der Waals surface area contributed by atoms with Crippen LogP contribution in [-0.2, 0) is 14.8 Å². The summed E-state index contributed by atoms with van der Waals surface area (Å²) in [7, 11) is -4.26. The number of carbonyl (C=O) groups is 1. The molecule has 1 aromatic carbocycles. The highest BCUT2D eigenvalue weighted by atomic mass is 32.2. The van der Waals surface area contributed by atoms with Crippen LogP contribution in [0, 0.1) is 13.8 Å². The summed E-state index contributed by atoms with van der Waals surface area (Å²) in [4.78, 5) is 10.6. The third kappa shape index (κ3) is 3.98. The second-order valence-corrected chi connectivity index (χ2v) is 6.74. The SMILES string of the molecule is Cc1cccc(S(=O)(=O)NC(C)(CC(=O)O)C(F)F)c1C. The number of hydrogen-bond acceptors (Lipinski definition) is 3. The van der Waals surface area contributed by atoms with Crippen molar-refractivity contribution in [1.29, 1.82) is 0 Å². The number of sulfonamides is 1. The van der Waals surface area contributed by atoms with Gasteiger partial charge in [-0.3, -0.25) is 4.79 Å². The molecule has 0 fully saturated rings. The molecule has 1 unspecified atom stereocenters. The molecule has 5 nitrogen and oxygen atoms in total. The Bertz CT molecular complexity index is 646. The van der Waals surface area contributed by atoms with Gasteiger partial charge in [0.1, 0.15) is 5.54 Å². The van der Waals surface area contributed by atoms with Crippen molar-refractivity contribution in [2.24, 2.45) is 0 Å². The van der Waals surface area contributed by atoms with E-state index in [0.717, 1.165) is 6.92 Å². The topological polar surface area (TPSA) is 83.5 Å². The fourth-order valence-corrected chi connectivity index (χ4v) is 3.56. The fourth-order valence-electron chi connectivity index (χ4n) is 1.85. The summed E-state index contributed by atoms with van der Waals surface area (Å²) in [6.07, 6.45) is -4.18. The first kappa shape index (κ1) is 17.5. The van der Waals surface area contributed by atoms with Crippen LogP contribution in [0.5, 0.6) is 0 Å². The standard InChI is InChI=1S/C13H17F2NO4S/c1-8-5-4-6-10(9(8)2)21(19,20)16-13(3,12(14)15)7-11(17)18/h4-6,12,16H,7H2,1-3H3,(H,17,18). The van der Waals surface area contributed by atoms with Gasteiger partial charge in [0.2, 0.25) is 10.0 Å². The van der Waals surface area contributed by atoms with Gasteiger partial charge in [-0.2, -0.15) is 4.72 Å². The summed E-state index contributed by atoms with van der Waals surface area (Å²) in [6.45, 7) is 4.12. The molecule has 1 rings (SSSR count). The predicted octanol–water partition coefficient (Wildman–Crippen LogP) is 2.08. The lowest BCUT2D eigenvalue weighted by atomic mass is 10.0. The smallest absolute Gasteiger partial charge is 0.305 e. The lowest BCUT2D eigenvalue weighted by Gasteiger charge is -2.28. The average Bonchev–Trinajstić information content (AvgIpc) is 2.30. The van der Waals surface area contributed by atoms with Crippen molar-refractivity contribution in [3.8, 4) is 0 Å². The maximum atomic E-state index is 13.1. The monoisotopic (exact) mass is 321 g/mol. The molecule has 1 aromatic rings. The summed E-state index contributed by atoms with van der Waals surface area (Å²) >= 11 is 0. The van der Waals surface area contributed by atoms with E-state index in [-0.39, 0.29) is 4.90 Å². The molecule has 1 atom stereocenters. The van der Waals surface area contributed by atoms with Crippen LogP contribution < -0.4 is 4.72 Å². The molecule has 0 aliphatic carbocycles. The zero-order valence-corrected chi connectivity index (χ0v) is 12.7. The molecular weight excluding hydrogens is 304 g/mol. The Morgan fingerprint density at radius 1 is 1.38 bits per heavy atom. The fraction of sp³-hybridized carbons (Fsp3) is 0.462. The van der Waals surface area contributed by atoms with Gasteiger partial charge in [0.15, 0.2) is 0 Å². The van der Waals surface area contributed by atoms with Crippen molar-refractivity contribution in [1.82, 2.24) is 4.72 Å². The van der Waals surface area contributed by atoms with Crippen LogP contribution in [0.1, 0.15) is 24.5 Å². The van der Waals surface area contributed by atoms with Crippen LogP contribution in [0.2, 0.25) is 0 Å². The molecule has 0 aliphatic rings. The summed E-state index contributed by atoms with van der Waals surface area (Å²) in [5.41, 5.74) is -1.26. The highest BCUT2D eigenvalue weighted by Crippen LogP contribution is 2.25. The molecule has 0 saturated carbocycles. The highest BCUT2D eigenvalue weighted by molar-refractivity contribution is 7.89. The van der Waals surface area contributed by atoms with E-state index in [9.17, 15) is 22.0 Å². The van der Waals surface area contributed by atoms with Crippen molar-refractivity contribution in [2.75, 3.05) is 0 Å². The van der Waals surface area contributed by atoms with E-state index in [1.54, 1.807) is 19.9 Å². The van der Waals surface area contributed by atoms with Gasteiger partial charge in [-0.25, -0.2) is 17.2 Å². The molecule has 0 amide bonds. The maximum absolute atomic E-state index is 13.1. The number of benzene rings is 1. The minimum absolute atomic E-state index is 0.139. The van der Waals surface area contributed by atoms with Gasteiger partial charge in [0.25, 0.3) is 6.43 Å². The van der Waals surface area contributed by atoms with Crippen LogP contribution in [-0.4, -0.2) is 31.5 Å². The van der Waals surface area contributed by atoms with E-state index in [1.165, 1.54) is 12.1 Å². The van der Waals surface area contributed by atoms with Crippen LogP contribution >= 0.6 is 0 Å². The molecule has 0 aromatic heterocycles. The van der Waals surface area contributed by atoms with E-state index in [4.69, 9.17) is 5.11 Å². The molecule has 0 radical (unpaired) electrons. The number of alkyl halides is 2. The first-order valence-electron chi connectivity index (χ1n) is 6.10. The molecule has 118 valence electrons. The molecule has 0 saturated heterocycles. The van der Waals surface area contributed by atoms with E-state index in [1.807, 2.05) is 4.72 Å². The lowest BCUT2D eigenvalue weighted by molar-refractivity contribution is -0.140. The van der Waals surface area contributed by atoms with Gasteiger partial charge in [-0.05, 0) is 38.0 Å². The third-order valence-corrected chi connectivity index (χ3v) is 4.97. The molecular formula is C13H17F2NO4S. The average molecular weight is 321 g/mol. The van der Waals surface area contributed by atoms with Gasteiger partial charge in [0, 0.05) is 0 Å². The summed E-state index contributed by atoms with van der Waals surface area (Å²) < 4.78 is 52.5. The minimum Gasteiger partial charge on any atom is -0.481 e. The van der Waals surface area contributed by atoms with Crippen molar-refractivity contribution in [3.05, 3.63) is 29.3 Å². The molecule has 0 spiro atoms. The Morgan fingerprint density at radius 3 is 2.43 bits per heavy atom. The second kappa shape index (κ2) is 6.07. The number of carboxylic acid groups (broad SMARTS) is 1. The van der Waals surface area contributed by atoms with Gasteiger partial charge >= 0.3 is 5.97 Å². The number of nitrogens with one attached hydrogen (secondary N) is 1. The Morgan fingerprint density at radius 2 is 1.95 bits per heavy atom. The molecule has 0 heterocycles. The van der Waals surface area contributed by atoms with E-state index in [0.29, 0.717) is 11.1 Å². The van der Waals surface area contributed by atoms with Crippen molar-refractivity contribution < 1.29 is 27.1 Å². The highest BCUT2D eigenvalue weighted by Gasteiger charge is 2.41. The summed E-state index contributed by atoms with van der Waals surface area (Å²) in [5.74, 6) is -1.51. The molecule has 8 heteroatoms. The lowest BCUT2D eigenvalue weighted by Crippen LogP contribution is -2.52. The van der Waals surface area contributed by atoms with Gasteiger partial charge in [-0.15, -0.1) is 0 Å². The zero-order valence-electron chi connectivity index (χ0n) is 11.9. The Balaban J connectivity index is 3.24. The van der Waals surface area contributed by atoms with Gasteiger partial charge < -0.3 is 5.11 Å². The van der Waals surface area contributed by atoms with Gasteiger partial charge in [-0.1, -0.05) is 12.1 Å². The predicted molar refractivity (Wildman–Crippen MR) is 72.9 cm³/mol. The zero-order chi connectivity index (χ0) is 16.4. The first-order chi connectivity index (χ1) is 9.49. The second-order valence-electron chi connectivity index (χ2n) is 5.09. The molecule has 0 aliphatic heterocycles. The molecule has 2 N–H and O–H groups in total. The van der Waals surface area contributed by atoms with Crippen molar-refractivity contribution >= 4 is 16.0 Å². The van der Waals surface area contributed by atoms with Crippen molar-refractivity contribution in [3.63, 3.8) is 0 Å². The van der Waals surface area contributed by atoms with Crippen LogP contribution in [0.3, 0.4) is 0 Å². The third-order valence-electron chi connectivity index (χ3n) is 3.21. The quantitative estimate of drug-likeness (QED) is 0.840. The number of aryl methyl sites for hydroxylation is 1. The Kier molecular flexibility index (Phi) is 5.06.